The molecular formula is C19H24FN5O2. The molecule has 1 aliphatic rings. The highest BCUT2D eigenvalue weighted by molar-refractivity contribution is 5.95. The van der Waals surface area contributed by atoms with Gasteiger partial charge in [-0.25, -0.2) is 4.39 Å². The molecule has 1 aliphatic heterocycles. The van der Waals surface area contributed by atoms with E-state index in [4.69, 9.17) is 0 Å². The lowest BCUT2D eigenvalue weighted by Crippen LogP contribution is -2.58. The van der Waals surface area contributed by atoms with Gasteiger partial charge in [-0.1, -0.05) is 6.07 Å². The number of aromatic nitrogens is 2. The van der Waals surface area contributed by atoms with Crippen molar-refractivity contribution < 1.29 is 14.0 Å². The van der Waals surface area contributed by atoms with E-state index in [1.54, 1.807) is 55.0 Å². The summed E-state index contributed by atoms with van der Waals surface area (Å²) in [6.07, 6.45) is 2.66. The summed E-state index contributed by atoms with van der Waals surface area (Å²) in [7, 11) is 3.40. The maximum atomic E-state index is 13.8. The van der Waals surface area contributed by atoms with Crippen molar-refractivity contribution in [1.82, 2.24) is 20.0 Å². The third-order valence-corrected chi connectivity index (χ3v) is 5.07. The van der Waals surface area contributed by atoms with Gasteiger partial charge < -0.3 is 15.5 Å². The molecule has 1 aromatic carbocycles. The first-order chi connectivity index (χ1) is 12.8. The van der Waals surface area contributed by atoms with Crippen LogP contribution in [0.4, 0.5) is 10.2 Å². The van der Waals surface area contributed by atoms with E-state index in [1.165, 1.54) is 6.07 Å². The molecule has 2 amide bonds. The summed E-state index contributed by atoms with van der Waals surface area (Å²) in [5, 5.41) is 10.2. The SMILES string of the molecule is CNC(=O)C1(Nc2ccn(C)n2)CCN(C(=O)c2ccc(C)c(F)c2)CC1. The highest BCUT2D eigenvalue weighted by atomic mass is 19.1. The number of likely N-dealkylation sites (tertiary alicyclic amines) is 1. The molecule has 2 aromatic rings. The molecule has 2 N–H and O–H groups in total. The van der Waals surface area contributed by atoms with Crippen LogP contribution in [0.3, 0.4) is 0 Å². The van der Waals surface area contributed by atoms with Crippen molar-refractivity contribution in [3.63, 3.8) is 0 Å². The minimum absolute atomic E-state index is 0.137. The zero-order valence-corrected chi connectivity index (χ0v) is 15.8. The van der Waals surface area contributed by atoms with Gasteiger partial charge in [0, 0.05) is 45.0 Å². The lowest BCUT2D eigenvalue weighted by atomic mass is 9.86. The van der Waals surface area contributed by atoms with Crippen LogP contribution < -0.4 is 10.6 Å². The normalized spacial score (nSPS) is 16.1. The molecule has 2 heterocycles. The number of halogens is 1. The Kier molecular flexibility index (Phi) is 5.16. The summed E-state index contributed by atoms with van der Waals surface area (Å²) in [6.45, 7) is 2.44. The molecule has 0 bridgehead atoms. The number of amides is 2. The first-order valence-electron chi connectivity index (χ1n) is 8.90. The van der Waals surface area contributed by atoms with Crippen molar-refractivity contribution in [2.24, 2.45) is 7.05 Å². The van der Waals surface area contributed by atoms with Gasteiger partial charge in [0.1, 0.15) is 17.2 Å². The first kappa shape index (κ1) is 18.9. The predicted octanol–water partition coefficient (Wildman–Crippen LogP) is 1.70. The van der Waals surface area contributed by atoms with Crippen LogP contribution in [0, 0.1) is 12.7 Å². The van der Waals surface area contributed by atoms with Crippen LogP contribution in [-0.4, -0.2) is 52.2 Å². The number of hydrogen-bond acceptors (Lipinski definition) is 4. The number of hydrogen-bond donors (Lipinski definition) is 2. The fourth-order valence-corrected chi connectivity index (χ4v) is 3.37. The Labute approximate surface area is 157 Å². The summed E-state index contributed by atoms with van der Waals surface area (Å²) in [6, 6.07) is 6.30. The lowest BCUT2D eigenvalue weighted by molar-refractivity contribution is -0.126. The Morgan fingerprint density at radius 2 is 1.93 bits per heavy atom. The molecule has 0 saturated carbocycles. The van der Waals surface area contributed by atoms with E-state index < -0.39 is 11.4 Å². The van der Waals surface area contributed by atoms with Crippen molar-refractivity contribution in [3.05, 3.63) is 47.4 Å². The van der Waals surface area contributed by atoms with Gasteiger partial charge in [-0.3, -0.25) is 14.3 Å². The number of piperidine rings is 1. The Hall–Kier alpha value is -2.90. The van der Waals surface area contributed by atoms with Gasteiger partial charge in [-0.15, -0.1) is 0 Å². The fourth-order valence-electron chi connectivity index (χ4n) is 3.37. The van der Waals surface area contributed by atoms with Crippen LogP contribution >= 0.6 is 0 Å². The largest absolute Gasteiger partial charge is 0.357 e. The maximum absolute atomic E-state index is 13.8. The number of nitrogens with one attached hydrogen (secondary N) is 2. The van der Waals surface area contributed by atoms with Crippen LogP contribution in [0.25, 0.3) is 0 Å². The number of benzene rings is 1. The average molecular weight is 373 g/mol. The van der Waals surface area contributed by atoms with Crippen molar-refractivity contribution in [3.8, 4) is 0 Å². The van der Waals surface area contributed by atoms with Crippen molar-refractivity contribution in [2.75, 3.05) is 25.5 Å². The summed E-state index contributed by atoms with van der Waals surface area (Å²) >= 11 is 0. The zero-order chi connectivity index (χ0) is 19.6. The molecule has 144 valence electrons. The minimum Gasteiger partial charge on any atom is -0.357 e. The van der Waals surface area contributed by atoms with E-state index in [2.05, 4.69) is 15.7 Å². The molecule has 0 radical (unpaired) electrons. The Morgan fingerprint density at radius 1 is 1.22 bits per heavy atom. The van der Waals surface area contributed by atoms with Crippen LogP contribution in [-0.2, 0) is 11.8 Å². The number of aryl methyl sites for hydroxylation is 2. The quantitative estimate of drug-likeness (QED) is 0.855. The number of nitrogens with zero attached hydrogens (tertiary/aromatic N) is 3. The molecule has 0 unspecified atom stereocenters. The smallest absolute Gasteiger partial charge is 0.253 e. The van der Waals surface area contributed by atoms with Gasteiger partial charge >= 0.3 is 0 Å². The van der Waals surface area contributed by atoms with E-state index >= 15 is 0 Å². The summed E-state index contributed by atoms with van der Waals surface area (Å²) < 4.78 is 15.4. The van der Waals surface area contributed by atoms with Crippen LogP contribution in [0.5, 0.6) is 0 Å². The Balaban J connectivity index is 1.74. The lowest BCUT2D eigenvalue weighted by Gasteiger charge is -2.41. The monoisotopic (exact) mass is 373 g/mol. The average Bonchev–Trinajstić information content (AvgIpc) is 3.07. The highest BCUT2D eigenvalue weighted by Crippen LogP contribution is 2.28. The van der Waals surface area contributed by atoms with Gasteiger partial charge in [0.15, 0.2) is 0 Å². The number of carbonyl (C=O) groups is 2. The van der Waals surface area contributed by atoms with Gasteiger partial charge in [0.05, 0.1) is 0 Å². The molecular weight excluding hydrogens is 349 g/mol. The summed E-state index contributed by atoms with van der Waals surface area (Å²) in [5.74, 6) is -0.144. The van der Waals surface area contributed by atoms with Crippen LogP contribution in [0.1, 0.15) is 28.8 Å². The zero-order valence-electron chi connectivity index (χ0n) is 15.8. The van der Waals surface area contributed by atoms with Gasteiger partial charge in [-0.2, -0.15) is 5.10 Å². The standard InChI is InChI=1S/C19H24FN5O2/c1-13-4-5-14(12-15(13)20)17(26)25-10-7-19(8-11-25,18(27)21-2)22-16-6-9-24(3)23-16/h4-6,9,12H,7-8,10-11H2,1-3H3,(H,21,27)(H,22,23). The van der Waals surface area contributed by atoms with Gasteiger partial charge in [-0.05, 0) is 37.5 Å². The molecule has 7 nitrogen and oxygen atoms in total. The van der Waals surface area contributed by atoms with E-state index in [0.29, 0.717) is 42.9 Å². The van der Waals surface area contributed by atoms with E-state index in [1.807, 2.05) is 0 Å². The fraction of sp³-hybridized carbons (Fsp3) is 0.421. The molecule has 8 heteroatoms. The molecule has 3 rings (SSSR count). The molecule has 27 heavy (non-hydrogen) atoms. The van der Waals surface area contributed by atoms with Gasteiger partial charge in [0.25, 0.3) is 5.91 Å². The third kappa shape index (κ3) is 3.79. The molecule has 1 aromatic heterocycles. The third-order valence-electron chi connectivity index (χ3n) is 5.07. The summed E-state index contributed by atoms with van der Waals surface area (Å²) in [4.78, 5) is 26.9. The van der Waals surface area contributed by atoms with Gasteiger partial charge in [0.2, 0.25) is 5.91 Å². The first-order valence-corrected chi connectivity index (χ1v) is 8.90. The van der Waals surface area contributed by atoms with E-state index in [-0.39, 0.29) is 11.8 Å². The molecule has 0 spiro atoms. The topological polar surface area (TPSA) is 79.3 Å². The Bertz CT molecular complexity index is 856. The summed E-state index contributed by atoms with van der Waals surface area (Å²) in [5.41, 5.74) is -0.00934. The molecule has 1 saturated heterocycles. The minimum atomic E-state index is -0.835. The second-order valence-corrected chi connectivity index (χ2v) is 6.92. The van der Waals surface area contributed by atoms with Crippen molar-refractivity contribution in [1.29, 1.82) is 0 Å². The highest BCUT2D eigenvalue weighted by Gasteiger charge is 2.42. The van der Waals surface area contributed by atoms with Crippen LogP contribution in [0.15, 0.2) is 30.5 Å². The number of rotatable bonds is 4. The number of carbonyl (C=O) groups excluding carboxylic acids is 2. The molecule has 1 fully saturated rings. The predicted molar refractivity (Wildman–Crippen MR) is 99.9 cm³/mol. The second kappa shape index (κ2) is 7.38. The molecule has 0 aliphatic carbocycles. The van der Waals surface area contributed by atoms with Crippen molar-refractivity contribution in [2.45, 2.75) is 25.3 Å². The number of anilines is 1. The Morgan fingerprint density at radius 3 is 2.48 bits per heavy atom. The second-order valence-electron chi connectivity index (χ2n) is 6.92. The molecule has 0 atom stereocenters. The van der Waals surface area contributed by atoms with Crippen molar-refractivity contribution >= 4 is 17.6 Å². The van der Waals surface area contributed by atoms with E-state index in [0.717, 1.165) is 0 Å². The number of likely N-dealkylation sites (N-methyl/N-ethyl adjacent to an activating group) is 1. The maximum Gasteiger partial charge on any atom is 0.253 e. The van der Waals surface area contributed by atoms with E-state index in [9.17, 15) is 14.0 Å². The van der Waals surface area contributed by atoms with Crippen LogP contribution in [0.2, 0.25) is 0 Å².